The molecule has 0 radical (unpaired) electrons. The lowest BCUT2D eigenvalue weighted by atomic mass is 10.7. The topological polar surface area (TPSA) is 66.8 Å². The average Bonchev–Trinajstić information content (AvgIpc) is 1.97. The Hall–Kier alpha value is -1.09. The van der Waals surface area contributed by atoms with Crippen LogP contribution in [0.15, 0.2) is 12.7 Å². The van der Waals surface area contributed by atoms with Crippen LogP contribution in [0.4, 0.5) is 18.0 Å². The van der Waals surface area contributed by atoms with E-state index >= 15 is 0 Å². The van der Waals surface area contributed by atoms with E-state index in [2.05, 4.69) is 11.3 Å². The van der Waals surface area contributed by atoms with E-state index in [4.69, 9.17) is 4.55 Å². The molecular weight excluding hydrogens is 227 g/mol. The van der Waals surface area contributed by atoms with Crippen LogP contribution in [0.5, 0.6) is 0 Å². The number of amides is 1. The summed E-state index contributed by atoms with van der Waals surface area (Å²) >= 11 is -3.51. The van der Waals surface area contributed by atoms with Crippen LogP contribution in [0.2, 0.25) is 0 Å². The molecule has 5 nitrogen and oxygen atoms in total. The monoisotopic (exact) mass is 233 g/mol. The quantitative estimate of drug-likeness (QED) is 0.453. The van der Waals surface area contributed by atoms with Gasteiger partial charge in [-0.25, -0.2) is 9.00 Å². The summed E-state index contributed by atoms with van der Waals surface area (Å²) < 4.78 is 56.7. The second kappa shape index (κ2) is 4.96. The van der Waals surface area contributed by atoms with Crippen molar-refractivity contribution in [3.05, 3.63) is 12.7 Å². The third-order valence-electron chi connectivity index (χ3n) is 0.877. The predicted molar refractivity (Wildman–Crippen MR) is 40.2 cm³/mol. The van der Waals surface area contributed by atoms with Crippen LogP contribution >= 0.6 is 0 Å². The first-order chi connectivity index (χ1) is 6.30. The average molecular weight is 233 g/mol. The van der Waals surface area contributed by atoms with Gasteiger partial charge in [0.05, 0.1) is 0 Å². The van der Waals surface area contributed by atoms with Crippen LogP contribution in [0, 0.1) is 0 Å². The number of carbonyl (C=O) groups excluding carboxylic acids is 1. The Kier molecular flexibility index (Phi) is 4.57. The van der Waals surface area contributed by atoms with Crippen LogP contribution < -0.4 is 0 Å². The number of carbonyl (C=O) groups is 1. The summed E-state index contributed by atoms with van der Waals surface area (Å²) in [5.74, 6) is 0. The van der Waals surface area contributed by atoms with Gasteiger partial charge in [-0.15, -0.1) is 17.5 Å². The molecule has 0 aromatic rings. The third-order valence-corrected chi connectivity index (χ3v) is 1.55. The zero-order valence-corrected chi connectivity index (χ0v) is 7.47. The highest BCUT2D eigenvalue weighted by Gasteiger charge is 2.46. The van der Waals surface area contributed by atoms with E-state index < -0.39 is 34.6 Å². The lowest BCUT2D eigenvalue weighted by Crippen LogP contribution is -2.44. The Morgan fingerprint density at radius 1 is 1.64 bits per heavy atom. The molecule has 0 aliphatic heterocycles. The van der Waals surface area contributed by atoms with Gasteiger partial charge in [-0.1, -0.05) is 12.7 Å². The summed E-state index contributed by atoms with van der Waals surface area (Å²) in [5.41, 5.74) is 0. The van der Waals surface area contributed by atoms with E-state index in [9.17, 15) is 22.2 Å². The maximum atomic E-state index is 11.9. The van der Waals surface area contributed by atoms with Crippen molar-refractivity contribution in [2.75, 3.05) is 6.61 Å². The Morgan fingerprint density at radius 2 is 2.14 bits per heavy atom. The van der Waals surface area contributed by atoms with Crippen molar-refractivity contribution in [2.45, 2.75) is 6.30 Å². The molecule has 1 amide bonds. The SMILES string of the molecule is C=CCOC(=O)N(S(=O)O)C(F)(F)F. The minimum Gasteiger partial charge on any atom is -0.444 e. The highest BCUT2D eigenvalue weighted by Crippen LogP contribution is 2.23. The van der Waals surface area contributed by atoms with E-state index in [1.807, 2.05) is 0 Å². The van der Waals surface area contributed by atoms with Crippen LogP contribution in [-0.4, -0.2) is 32.1 Å². The van der Waals surface area contributed by atoms with Crippen molar-refractivity contribution in [2.24, 2.45) is 0 Å². The van der Waals surface area contributed by atoms with Gasteiger partial charge in [-0.05, 0) is 0 Å². The predicted octanol–water partition coefficient (Wildman–Crippen LogP) is 1.27. The molecular formula is C5H6F3NO4S. The molecule has 1 unspecified atom stereocenters. The Morgan fingerprint density at radius 3 is 2.43 bits per heavy atom. The number of halogens is 3. The van der Waals surface area contributed by atoms with Gasteiger partial charge in [0, 0.05) is 0 Å². The first kappa shape index (κ1) is 12.9. The lowest BCUT2D eigenvalue weighted by Gasteiger charge is -2.18. The van der Waals surface area contributed by atoms with Gasteiger partial charge in [0.25, 0.3) is 11.3 Å². The van der Waals surface area contributed by atoms with Gasteiger partial charge >= 0.3 is 12.4 Å². The highest BCUT2D eigenvalue weighted by molar-refractivity contribution is 7.77. The van der Waals surface area contributed by atoms with Crippen LogP contribution in [0.3, 0.4) is 0 Å². The molecule has 14 heavy (non-hydrogen) atoms. The van der Waals surface area contributed by atoms with E-state index in [1.165, 1.54) is 0 Å². The van der Waals surface area contributed by atoms with E-state index in [1.54, 1.807) is 0 Å². The van der Waals surface area contributed by atoms with Crippen LogP contribution in [-0.2, 0) is 16.0 Å². The molecule has 0 aliphatic carbocycles. The number of ether oxygens (including phenoxy) is 1. The maximum absolute atomic E-state index is 11.9. The van der Waals surface area contributed by atoms with E-state index in [0.717, 1.165) is 6.08 Å². The van der Waals surface area contributed by atoms with Crippen molar-refractivity contribution in [1.82, 2.24) is 4.31 Å². The molecule has 0 aromatic heterocycles. The fourth-order valence-electron chi connectivity index (χ4n) is 0.445. The normalized spacial score (nSPS) is 13.1. The van der Waals surface area contributed by atoms with Crippen molar-refractivity contribution in [3.63, 3.8) is 0 Å². The standard InChI is InChI=1S/C5H6F3NO4S/c1-2-3-13-4(10)9(14(11)12)5(6,7)8/h2H,1,3H2,(H,11,12). The van der Waals surface area contributed by atoms with E-state index in [-0.39, 0.29) is 0 Å². The summed E-state index contributed by atoms with van der Waals surface area (Å²) in [7, 11) is 0. The minimum atomic E-state index is -5.27. The molecule has 1 N–H and O–H groups in total. The fourth-order valence-corrected chi connectivity index (χ4v) is 0.802. The number of alkyl halides is 3. The van der Waals surface area contributed by atoms with Gasteiger partial charge in [-0.3, -0.25) is 4.55 Å². The van der Waals surface area contributed by atoms with Gasteiger partial charge in [0.15, 0.2) is 0 Å². The van der Waals surface area contributed by atoms with Crippen molar-refractivity contribution in [3.8, 4) is 0 Å². The summed E-state index contributed by atoms with van der Waals surface area (Å²) in [6.45, 7) is 2.60. The molecule has 1 atom stereocenters. The Bertz CT molecular complexity index is 254. The van der Waals surface area contributed by atoms with Gasteiger partial charge in [0.2, 0.25) is 0 Å². The zero-order chi connectivity index (χ0) is 11.4. The van der Waals surface area contributed by atoms with Crippen LogP contribution in [0.25, 0.3) is 0 Å². The van der Waals surface area contributed by atoms with Crippen LogP contribution in [0.1, 0.15) is 0 Å². The van der Waals surface area contributed by atoms with E-state index in [0.29, 0.717) is 0 Å². The molecule has 0 saturated heterocycles. The second-order valence-corrected chi connectivity index (χ2v) is 2.69. The fraction of sp³-hybridized carbons (Fsp3) is 0.400. The lowest BCUT2D eigenvalue weighted by molar-refractivity contribution is -0.198. The summed E-state index contributed by atoms with van der Waals surface area (Å²) in [6, 6.07) is 0. The van der Waals surface area contributed by atoms with Gasteiger partial charge < -0.3 is 4.74 Å². The molecule has 0 aromatic carbocycles. The number of rotatable bonds is 3. The number of nitrogens with zero attached hydrogens (tertiary/aromatic N) is 1. The Labute approximate surface area is 79.6 Å². The Balaban J connectivity index is 4.59. The molecule has 82 valence electrons. The largest absolute Gasteiger partial charge is 0.503 e. The van der Waals surface area contributed by atoms with Crippen molar-refractivity contribution in [1.29, 1.82) is 0 Å². The highest BCUT2D eigenvalue weighted by atomic mass is 32.2. The van der Waals surface area contributed by atoms with Crippen molar-refractivity contribution >= 4 is 17.4 Å². The van der Waals surface area contributed by atoms with Crippen molar-refractivity contribution < 1.29 is 31.5 Å². The number of hydrogen-bond acceptors (Lipinski definition) is 3. The number of hydrogen-bond donors (Lipinski definition) is 1. The molecule has 0 saturated carbocycles. The molecule has 9 heteroatoms. The molecule has 0 fully saturated rings. The second-order valence-electron chi connectivity index (χ2n) is 1.86. The summed E-state index contributed by atoms with van der Waals surface area (Å²) in [5, 5.41) is 0. The first-order valence-electron chi connectivity index (χ1n) is 3.06. The molecule has 0 heterocycles. The zero-order valence-electron chi connectivity index (χ0n) is 6.65. The molecule has 0 spiro atoms. The van der Waals surface area contributed by atoms with Gasteiger partial charge in [-0.2, -0.15) is 0 Å². The summed E-state index contributed by atoms with van der Waals surface area (Å²) in [4.78, 5) is 10.6. The first-order valence-corrected chi connectivity index (χ1v) is 4.12. The molecule has 0 bridgehead atoms. The molecule has 0 aliphatic rings. The molecule has 0 rings (SSSR count). The summed E-state index contributed by atoms with van der Waals surface area (Å²) in [6.07, 6.45) is -6.21. The van der Waals surface area contributed by atoms with Gasteiger partial charge in [0.1, 0.15) is 6.61 Å². The third kappa shape index (κ3) is 3.75. The minimum absolute atomic E-state index is 0.484. The maximum Gasteiger partial charge on any atom is 0.503 e. The smallest absolute Gasteiger partial charge is 0.444 e.